The van der Waals surface area contributed by atoms with Crippen LogP contribution in [0.5, 0.6) is 0 Å². The molecule has 0 atom stereocenters. The van der Waals surface area contributed by atoms with Crippen molar-refractivity contribution in [3.8, 4) is 0 Å². The Morgan fingerprint density at radius 1 is 1.42 bits per heavy atom. The smallest absolute Gasteiger partial charge is 0.124 e. The predicted molar refractivity (Wildman–Crippen MR) is 70.4 cm³/mol. The highest BCUT2D eigenvalue weighted by atomic mass is 35.5. The molecule has 1 fully saturated rings. The van der Waals surface area contributed by atoms with E-state index in [4.69, 9.17) is 11.6 Å². The van der Waals surface area contributed by atoms with Gasteiger partial charge in [0.15, 0.2) is 0 Å². The third-order valence-corrected chi connectivity index (χ3v) is 3.43. The molecule has 6 heteroatoms. The van der Waals surface area contributed by atoms with E-state index in [0.717, 1.165) is 17.8 Å². The van der Waals surface area contributed by atoms with Crippen molar-refractivity contribution in [3.63, 3.8) is 0 Å². The molecule has 2 aromatic rings. The Kier molecular flexibility index (Phi) is 3.48. The summed E-state index contributed by atoms with van der Waals surface area (Å²) in [5, 5.41) is 11.9. The first-order chi connectivity index (χ1) is 9.20. The monoisotopic (exact) mass is 280 g/mol. The summed E-state index contributed by atoms with van der Waals surface area (Å²) in [6.45, 7) is 1.23. The molecule has 100 valence electrons. The number of nitrogens with zero attached hydrogens (tertiary/aromatic N) is 3. The number of halogens is 2. The molecule has 1 aliphatic rings. The van der Waals surface area contributed by atoms with Crippen molar-refractivity contribution >= 4 is 11.6 Å². The molecule has 1 aliphatic carbocycles. The Labute approximate surface area is 115 Å². The Bertz CT molecular complexity index is 580. The molecule has 0 spiro atoms. The zero-order valence-corrected chi connectivity index (χ0v) is 11.1. The molecular formula is C13H14ClFN4. The molecule has 4 nitrogen and oxygen atoms in total. The molecule has 3 rings (SSSR count). The molecule has 1 saturated carbocycles. The average molecular weight is 281 g/mol. The van der Waals surface area contributed by atoms with Gasteiger partial charge < -0.3 is 5.32 Å². The normalized spacial score (nSPS) is 14.8. The van der Waals surface area contributed by atoms with E-state index in [1.807, 2.05) is 6.20 Å². The Morgan fingerprint density at radius 3 is 3.00 bits per heavy atom. The fourth-order valence-electron chi connectivity index (χ4n) is 1.86. The van der Waals surface area contributed by atoms with E-state index in [9.17, 15) is 4.39 Å². The number of benzene rings is 1. The van der Waals surface area contributed by atoms with Gasteiger partial charge in [-0.2, -0.15) is 0 Å². The summed E-state index contributed by atoms with van der Waals surface area (Å²) in [6.07, 6.45) is 4.38. The number of aromatic nitrogens is 3. The van der Waals surface area contributed by atoms with Crippen LogP contribution in [0.4, 0.5) is 4.39 Å². The number of hydrogen-bond acceptors (Lipinski definition) is 3. The number of hydrogen-bond donors (Lipinski definition) is 1. The van der Waals surface area contributed by atoms with Crippen LogP contribution in [-0.4, -0.2) is 21.0 Å². The standard InChI is InChI=1S/C13H14ClFN4/c14-13-5-10(15)2-1-9(13)7-19-8-12(17-18-19)6-16-11-3-4-11/h1-2,5,8,11,16H,3-4,6-7H2. The zero-order chi connectivity index (χ0) is 13.2. The summed E-state index contributed by atoms with van der Waals surface area (Å²) in [5.41, 5.74) is 1.74. The summed E-state index contributed by atoms with van der Waals surface area (Å²) in [4.78, 5) is 0. The molecule has 1 aromatic carbocycles. The molecule has 19 heavy (non-hydrogen) atoms. The maximum absolute atomic E-state index is 12.9. The molecule has 0 saturated heterocycles. The highest BCUT2D eigenvalue weighted by Gasteiger charge is 2.20. The minimum atomic E-state index is -0.332. The first-order valence-corrected chi connectivity index (χ1v) is 6.65. The van der Waals surface area contributed by atoms with Crippen LogP contribution in [0.2, 0.25) is 5.02 Å². The zero-order valence-electron chi connectivity index (χ0n) is 10.3. The van der Waals surface area contributed by atoms with E-state index in [0.29, 0.717) is 17.6 Å². The lowest BCUT2D eigenvalue weighted by atomic mass is 10.2. The van der Waals surface area contributed by atoms with Gasteiger partial charge in [-0.25, -0.2) is 9.07 Å². The van der Waals surface area contributed by atoms with Crippen LogP contribution in [0.1, 0.15) is 24.1 Å². The molecule has 0 amide bonds. The Morgan fingerprint density at radius 2 is 2.26 bits per heavy atom. The van der Waals surface area contributed by atoms with Crippen LogP contribution in [0, 0.1) is 5.82 Å². The summed E-state index contributed by atoms with van der Waals surface area (Å²) in [7, 11) is 0. The van der Waals surface area contributed by atoms with E-state index < -0.39 is 0 Å². The van der Waals surface area contributed by atoms with Gasteiger partial charge in [-0.1, -0.05) is 22.9 Å². The first kappa shape index (κ1) is 12.6. The second kappa shape index (κ2) is 5.27. The van der Waals surface area contributed by atoms with Gasteiger partial charge in [0.25, 0.3) is 0 Å². The van der Waals surface area contributed by atoms with Crippen molar-refractivity contribution in [1.29, 1.82) is 0 Å². The van der Waals surface area contributed by atoms with Gasteiger partial charge >= 0.3 is 0 Å². The summed E-state index contributed by atoms with van der Waals surface area (Å²) in [6, 6.07) is 5.02. The van der Waals surface area contributed by atoms with Crippen LogP contribution in [-0.2, 0) is 13.1 Å². The largest absolute Gasteiger partial charge is 0.308 e. The topological polar surface area (TPSA) is 42.7 Å². The lowest BCUT2D eigenvalue weighted by Gasteiger charge is -2.03. The van der Waals surface area contributed by atoms with E-state index >= 15 is 0 Å². The van der Waals surface area contributed by atoms with Crippen molar-refractivity contribution in [2.75, 3.05) is 0 Å². The van der Waals surface area contributed by atoms with Gasteiger partial charge in [0.2, 0.25) is 0 Å². The lowest BCUT2D eigenvalue weighted by molar-refractivity contribution is 0.621. The van der Waals surface area contributed by atoms with Gasteiger partial charge in [0.05, 0.1) is 18.4 Å². The molecule has 1 heterocycles. The molecule has 0 bridgehead atoms. The van der Waals surface area contributed by atoms with Crippen molar-refractivity contribution in [3.05, 3.63) is 46.5 Å². The van der Waals surface area contributed by atoms with Crippen molar-refractivity contribution in [2.24, 2.45) is 0 Å². The average Bonchev–Trinajstić information content (AvgIpc) is 3.10. The minimum Gasteiger partial charge on any atom is -0.308 e. The molecule has 1 N–H and O–H groups in total. The van der Waals surface area contributed by atoms with E-state index in [2.05, 4.69) is 15.6 Å². The Balaban J connectivity index is 1.65. The van der Waals surface area contributed by atoms with E-state index in [1.165, 1.54) is 25.0 Å². The quantitative estimate of drug-likeness (QED) is 0.914. The fourth-order valence-corrected chi connectivity index (χ4v) is 2.08. The van der Waals surface area contributed by atoms with Gasteiger partial charge in [-0.3, -0.25) is 0 Å². The van der Waals surface area contributed by atoms with Crippen LogP contribution in [0.3, 0.4) is 0 Å². The van der Waals surface area contributed by atoms with E-state index in [1.54, 1.807) is 10.7 Å². The second-order valence-corrected chi connectivity index (χ2v) is 5.21. The minimum absolute atomic E-state index is 0.332. The second-order valence-electron chi connectivity index (χ2n) is 4.80. The van der Waals surface area contributed by atoms with Crippen LogP contribution < -0.4 is 5.32 Å². The molecule has 0 unspecified atom stereocenters. The van der Waals surface area contributed by atoms with Crippen molar-refractivity contribution in [2.45, 2.75) is 32.0 Å². The van der Waals surface area contributed by atoms with Crippen LogP contribution >= 0.6 is 11.6 Å². The highest BCUT2D eigenvalue weighted by molar-refractivity contribution is 6.31. The predicted octanol–water partition coefficient (Wildman–Crippen LogP) is 2.37. The summed E-state index contributed by atoms with van der Waals surface area (Å²) in [5.74, 6) is -0.332. The van der Waals surface area contributed by atoms with Crippen LogP contribution in [0.15, 0.2) is 24.4 Å². The van der Waals surface area contributed by atoms with Crippen LogP contribution in [0.25, 0.3) is 0 Å². The van der Waals surface area contributed by atoms with Gasteiger partial charge in [0.1, 0.15) is 5.82 Å². The Hall–Kier alpha value is -1.46. The number of nitrogens with one attached hydrogen (secondary N) is 1. The molecular weight excluding hydrogens is 267 g/mol. The first-order valence-electron chi connectivity index (χ1n) is 6.27. The third kappa shape index (κ3) is 3.30. The SMILES string of the molecule is Fc1ccc(Cn2cc(CNC3CC3)nn2)c(Cl)c1. The van der Waals surface area contributed by atoms with Gasteiger partial charge in [-0.05, 0) is 30.5 Å². The number of rotatable bonds is 5. The maximum atomic E-state index is 12.9. The third-order valence-electron chi connectivity index (χ3n) is 3.08. The summed E-state index contributed by atoms with van der Waals surface area (Å²) >= 11 is 5.98. The van der Waals surface area contributed by atoms with E-state index in [-0.39, 0.29) is 5.82 Å². The molecule has 0 aliphatic heterocycles. The van der Waals surface area contributed by atoms with Gasteiger partial charge in [-0.15, -0.1) is 5.10 Å². The maximum Gasteiger partial charge on any atom is 0.124 e. The highest BCUT2D eigenvalue weighted by Crippen LogP contribution is 2.19. The summed E-state index contributed by atoms with van der Waals surface area (Å²) < 4.78 is 14.7. The molecule has 0 radical (unpaired) electrons. The van der Waals surface area contributed by atoms with Gasteiger partial charge in [0, 0.05) is 17.6 Å². The molecule has 1 aromatic heterocycles. The fraction of sp³-hybridized carbons (Fsp3) is 0.385. The van der Waals surface area contributed by atoms with Crippen molar-refractivity contribution in [1.82, 2.24) is 20.3 Å². The van der Waals surface area contributed by atoms with Crippen molar-refractivity contribution < 1.29 is 4.39 Å². The lowest BCUT2D eigenvalue weighted by Crippen LogP contribution is -2.15.